The minimum absolute atomic E-state index is 0.744. The average Bonchev–Trinajstić information content (AvgIpc) is 3.33. The summed E-state index contributed by atoms with van der Waals surface area (Å²) >= 11 is 1.92. The van der Waals surface area contributed by atoms with E-state index in [9.17, 15) is 0 Å². The van der Waals surface area contributed by atoms with Crippen LogP contribution in [0.2, 0.25) is 0 Å². The summed E-state index contributed by atoms with van der Waals surface area (Å²) < 4.78 is 2.71. The lowest BCUT2D eigenvalue weighted by atomic mass is 9.90. The Hall–Kier alpha value is -3.71. The molecule has 1 nitrogen and oxygen atoms in total. The molecule has 1 unspecified atom stereocenters. The van der Waals surface area contributed by atoms with E-state index in [1.165, 1.54) is 69.1 Å². The van der Waals surface area contributed by atoms with E-state index in [0.29, 0.717) is 0 Å². The van der Waals surface area contributed by atoms with Crippen molar-refractivity contribution in [2.24, 2.45) is 0 Å². The first-order valence-electron chi connectivity index (χ1n) is 11.9. The van der Waals surface area contributed by atoms with Crippen molar-refractivity contribution < 1.29 is 0 Å². The van der Waals surface area contributed by atoms with E-state index in [1.54, 1.807) is 0 Å². The van der Waals surface area contributed by atoms with Crippen molar-refractivity contribution in [1.29, 1.82) is 0 Å². The van der Waals surface area contributed by atoms with Gasteiger partial charge in [0.05, 0.1) is 18.5 Å². The zero-order chi connectivity index (χ0) is 22.9. The molecule has 0 bridgehead atoms. The number of anilines is 1. The molecule has 0 spiro atoms. The first kappa shape index (κ1) is 19.6. The molecule has 1 aliphatic rings. The summed E-state index contributed by atoms with van der Waals surface area (Å²) in [5, 5.41) is 14.9. The van der Waals surface area contributed by atoms with Crippen molar-refractivity contribution in [3.05, 3.63) is 115 Å². The minimum Gasteiger partial charge on any atom is -0.355 e. The zero-order valence-corrected chi connectivity index (χ0v) is 20.5. The van der Waals surface area contributed by atoms with E-state index in [2.05, 4.69) is 120 Å². The molecule has 6 aromatic carbocycles. The highest BCUT2D eigenvalue weighted by Crippen LogP contribution is 2.56. The summed E-state index contributed by atoms with van der Waals surface area (Å²) in [6, 6.07) is 42.3. The molecule has 0 fully saturated rings. The Morgan fingerprint density at radius 1 is 0.543 bits per heavy atom. The Kier molecular flexibility index (Phi) is 4.14. The number of fused-ring (bicyclic) bond motifs is 12. The summed E-state index contributed by atoms with van der Waals surface area (Å²) in [7, 11) is -0.744. The van der Waals surface area contributed by atoms with Crippen LogP contribution in [0.25, 0.3) is 52.8 Å². The first-order valence-corrected chi connectivity index (χ1v) is 14.0. The van der Waals surface area contributed by atoms with Gasteiger partial charge in [0.1, 0.15) is 0 Å². The fourth-order valence-corrected chi connectivity index (χ4v) is 9.11. The van der Waals surface area contributed by atoms with Crippen LogP contribution < -0.4 is 15.7 Å². The molecule has 1 atom stereocenters. The monoisotopic (exact) mass is 481 g/mol. The molecule has 7 aromatic rings. The predicted octanol–water partition coefficient (Wildman–Crippen LogP) is 8.80. The van der Waals surface area contributed by atoms with E-state index < -0.39 is 8.07 Å². The second-order valence-corrected chi connectivity index (χ2v) is 12.0. The fraction of sp³-hybridized carbons (Fsp3) is 0. The number of benzene rings is 6. The average molecular weight is 482 g/mol. The van der Waals surface area contributed by atoms with Gasteiger partial charge >= 0.3 is 0 Å². The third kappa shape index (κ3) is 2.73. The predicted molar refractivity (Wildman–Crippen MR) is 156 cm³/mol. The molecular weight excluding hydrogens is 461 g/mol. The van der Waals surface area contributed by atoms with Crippen LogP contribution >= 0.6 is 19.4 Å². The lowest BCUT2D eigenvalue weighted by Gasteiger charge is -2.32. The van der Waals surface area contributed by atoms with Gasteiger partial charge in [-0.1, -0.05) is 109 Å². The van der Waals surface area contributed by atoms with Gasteiger partial charge in [0, 0.05) is 37.2 Å². The molecule has 0 aliphatic carbocycles. The Balaban J connectivity index is 1.61. The van der Waals surface area contributed by atoms with Gasteiger partial charge < -0.3 is 5.09 Å². The van der Waals surface area contributed by atoms with Gasteiger partial charge in [-0.05, 0) is 27.6 Å². The largest absolute Gasteiger partial charge is 0.355 e. The number of nitrogens with one attached hydrogen (secondary N) is 1. The molecule has 1 aliphatic heterocycles. The Morgan fingerprint density at radius 2 is 1.23 bits per heavy atom. The van der Waals surface area contributed by atoms with Gasteiger partial charge in [0.15, 0.2) is 0 Å². The normalized spacial score (nSPS) is 14.8. The van der Waals surface area contributed by atoms with Crippen LogP contribution in [0.15, 0.2) is 115 Å². The van der Waals surface area contributed by atoms with Gasteiger partial charge in [-0.15, -0.1) is 11.3 Å². The SMILES string of the molecule is c1ccc(P2Nc3c(c4ccccc4c4c3sc3ccccc34)-c3c2ccc2ccccc32)cc1. The molecule has 0 amide bonds. The zero-order valence-electron chi connectivity index (χ0n) is 18.8. The van der Waals surface area contributed by atoms with Crippen molar-refractivity contribution in [3.63, 3.8) is 0 Å². The topological polar surface area (TPSA) is 12.0 Å². The van der Waals surface area contributed by atoms with Crippen molar-refractivity contribution in [2.45, 2.75) is 0 Å². The van der Waals surface area contributed by atoms with Gasteiger partial charge in [-0.25, -0.2) is 0 Å². The molecule has 2 heterocycles. The van der Waals surface area contributed by atoms with E-state index in [4.69, 9.17) is 0 Å². The number of thiophene rings is 1. The quantitative estimate of drug-likeness (QED) is 0.231. The van der Waals surface area contributed by atoms with Crippen molar-refractivity contribution in [3.8, 4) is 11.1 Å². The number of rotatable bonds is 1. The second-order valence-electron chi connectivity index (χ2n) is 9.06. The second kappa shape index (κ2) is 7.39. The number of hydrogen-bond acceptors (Lipinski definition) is 2. The van der Waals surface area contributed by atoms with Gasteiger partial charge in [0.2, 0.25) is 0 Å². The van der Waals surface area contributed by atoms with E-state index >= 15 is 0 Å². The van der Waals surface area contributed by atoms with Crippen LogP contribution in [0.5, 0.6) is 0 Å². The van der Waals surface area contributed by atoms with Gasteiger partial charge in [0.25, 0.3) is 0 Å². The maximum atomic E-state index is 4.11. The summed E-state index contributed by atoms with van der Waals surface area (Å²) in [6.45, 7) is 0. The van der Waals surface area contributed by atoms with Crippen LogP contribution in [0.4, 0.5) is 5.69 Å². The van der Waals surface area contributed by atoms with Crippen LogP contribution in [0.3, 0.4) is 0 Å². The third-order valence-corrected chi connectivity index (χ3v) is 10.5. The lowest BCUT2D eigenvalue weighted by molar-refractivity contribution is 1.69. The first-order chi connectivity index (χ1) is 17.4. The Morgan fingerprint density at radius 3 is 2.09 bits per heavy atom. The highest BCUT2D eigenvalue weighted by Gasteiger charge is 2.31. The molecule has 164 valence electrons. The molecule has 1 N–H and O–H groups in total. The van der Waals surface area contributed by atoms with E-state index in [1.807, 2.05) is 11.3 Å². The molecular formula is C32H20NPS. The van der Waals surface area contributed by atoms with Crippen molar-refractivity contribution in [2.75, 3.05) is 5.09 Å². The smallest absolute Gasteiger partial charge is 0.0645 e. The van der Waals surface area contributed by atoms with Gasteiger partial charge in [-0.3, -0.25) is 0 Å². The lowest BCUT2D eigenvalue weighted by Crippen LogP contribution is -2.23. The maximum Gasteiger partial charge on any atom is 0.0645 e. The summed E-state index contributed by atoms with van der Waals surface area (Å²) in [5.41, 5.74) is 4.03. The molecule has 0 saturated heterocycles. The molecule has 3 heteroatoms. The third-order valence-electron chi connectivity index (χ3n) is 7.17. The van der Waals surface area contributed by atoms with E-state index in [0.717, 1.165) is 0 Å². The summed E-state index contributed by atoms with van der Waals surface area (Å²) in [5.74, 6) is 0. The Bertz CT molecular complexity index is 1940. The summed E-state index contributed by atoms with van der Waals surface area (Å²) in [4.78, 5) is 0. The number of hydrogen-bond donors (Lipinski definition) is 1. The highest BCUT2D eigenvalue weighted by molar-refractivity contribution is 7.74. The molecule has 35 heavy (non-hydrogen) atoms. The maximum absolute atomic E-state index is 4.11. The standard InChI is InChI=1S/C32H20NPS/c1-2-11-21(12-3-1)34-26-19-18-20-10-4-5-13-22(20)29(26)30-24-15-7-6-14-23(24)28-25-16-8-9-17-27(25)35-32(28)31(30)33-34/h1-19,33H. The van der Waals surface area contributed by atoms with Crippen LogP contribution in [-0.4, -0.2) is 0 Å². The van der Waals surface area contributed by atoms with Crippen LogP contribution in [0.1, 0.15) is 0 Å². The van der Waals surface area contributed by atoms with Crippen molar-refractivity contribution >= 4 is 77.4 Å². The molecule has 1 aromatic heterocycles. The van der Waals surface area contributed by atoms with Crippen LogP contribution in [0, 0.1) is 0 Å². The Labute approximate surface area is 208 Å². The van der Waals surface area contributed by atoms with Gasteiger partial charge in [-0.2, -0.15) is 0 Å². The fourth-order valence-electron chi connectivity index (χ4n) is 5.68. The van der Waals surface area contributed by atoms with E-state index in [-0.39, 0.29) is 0 Å². The van der Waals surface area contributed by atoms with Crippen LogP contribution in [-0.2, 0) is 0 Å². The molecule has 8 rings (SSSR count). The summed E-state index contributed by atoms with van der Waals surface area (Å²) in [6.07, 6.45) is 0. The highest BCUT2D eigenvalue weighted by atomic mass is 32.1. The molecule has 0 radical (unpaired) electrons. The molecule has 0 saturated carbocycles. The minimum atomic E-state index is -0.744. The van der Waals surface area contributed by atoms with Crippen molar-refractivity contribution in [1.82, 2.24) is 0 Å².